The maximum atomic E-state index is 12.9. The SMILES string of the molecule is O=C(Nc1ncccc1OCc1ccccc1)C1(c2ccccc2)CC1. The first-order chi connectivity index (χ1) is 12.8. The molecule has 0 atom stereocenters. The van der Waals surface area contributed by atoms with Crippen LogP contribution in [-0.4, -0.2) is 10.9 Å². The number of hydrogen-bond acceptors (Lipinski definition) is 3. The summed E-state index contributed by atoms with van der Waals surface area (Å²) in [7, 11) is 0. The first-order valence-electron chi connectivity index (χ1n) is 8.77. The Morgan fingerprint density at radius 1 is 0.962 bits per heavy atom. The van der Waals surface area contributed by atoms with Crippen LogP contribution in [-0.2, 0) is 16.8 Å². The van der Waals surface area contributed by atoms with Crippen LogP contribution >= 0.6 is 0 Å². The van der Waals surface area contributed by atoms with Gasteiger partial charge in [-0.3, -0.25) is 4.79 Å². The van der Waals surface area contributed by atoms with Crippen molar-refractivity contribution >= 4 is 11.7 Å². The lowest BCUT2D eigenvalue weighted by molar-refractivity contribution is -0.118. The molecule has 1 aliphatic carbocycles. The molecule has 3 aromatic rings. The third kappa shape index (κ3) is 3.31. The molecule has 130 valence electrons. The van der Waals surface area contributed by atoms with Crippen molar-refractivity contribution in [3.8, 4) is 5.75 Å². The number of amides is 1. The zero-order valence-corrected chi connectivity index (χ0v) is 14.4. The highest BCUT2D eigenvalue weighted by molar-refractivity contribution is 6.01. The molecule has 1 saturated carbocycles. The van der Waals surface area contributed by atoms with Gasteiger partial charge in [-0.1, -0.05) is 60.7 Å². The van der Waals surface area contributed by atoms with Gasteiger partial charge in [0, 0.05) is 6.20 Å². The van der Waals surface area contributed by atoms with Crippen LogP contribution in [0.5, 0.6) is 5.75 Å². The van der Waals surface area contributed by atoms with Crippen LogP contribution in [0.25, 0.3) is 0 Å². The number of pyridine rings is 1. The van der Waals surface area contributed by atoms with Gasteiger partial charge < -0.3 is 10.1 Å². The van der Waals surface area contributed by atoms with Crippen LogP contribution in [0, 0.1) is 0 Å². The predicted molar refractivity (Wildman–Crippen MR) is 101 cm³/mol. The number of rotatable bonds is 6. The highest BCUT2D eigenvalue weighted by Gasteiger charge is 2.51. The Balaban J connectivity index is 1.49. The van der Waals surface area contributed by atoms with Crippen LogP contribution in [0.15, 0.2) is 79.0 Å². The van der Waals surface area contributed by atoms with Crippen molar-refractivity contribution in [3.05, 3.63) is 90.1 Å². The Kier molecular flexibility index (Phi) is 4.40. The minimum atomic E-state index is -0.435. The van der Waals surface area contributed by atoms with E-state index in [1.54, 1.807) is 12.3 Å². The lowest BCUT2D eigenvalue weighted by Gasteiger charge is -2.17. The van der Waals surface area contributed by atoms with Crippen LogP contribution in [0.2, 0.25) is 0 Å². The Morgan fingerprint density at radius 3 is 2.35 bits per heavy atom. The zero-order chi connectivity index (χ0) is 17.8. The van der Waals surface area contributed by atoms with E-state index < -0.39 is 5.41 Å². The van der Waals surface area contributed by atoms with E-state index in [0.29, 0.717) is 18.2 Å². The summed E-state index contributed by atoms with van der Waals surface area (Å²) >= 11 is 0. The number of nitrogens with one attached hydrogen (secondary N) is 1. The molecule has 2 aromatic carbocycles. The molecule has 1 N–H and O–H groups in total. The van der Waals surface area contributed by atoms with Crippen molar-refractivity contribution in [2.45, 2.75) is 24.9 Å². The second-order valence-electron chi connectivity index (χ2n) is 6.53. The minimum Gasteiger partial charge on any atom is -0.485 e. The van der Waals surface area contributed by atoms with E-state index in [2.05, 4.69) is 10.3 Å². The van der Waals surface area contributed by atoms with Gasteiger partial charge in [0.15, 0.2) is 11.6 Å². The molecule has 1 fully saturated rings. The maximum Gasteiger partial charge on any atom is 0.236 e. The van der Waals surface area contributed by atoms with Gasteiger partial charge in [0.1, 0.15) is 6.61 Å². The van der Waals surface area contributed by atoms with Crippen molar-refractivity contribution in [3.63, 3.8) is 0 Å². The molecule has 0 radical (unpaired) electrons. The molecule has 0 saturated heterocycles. The van der Waals surface area contributed by atoms with Gasteiger partial charge in [-0.15, -0.1) is 0 Å². The van der Waals surface area contributed by atoms with Crippen LogP contribution in [0.1, 0.15) is 24.0 Å². The second kappa shape index (κ2) is 7.00. The van der Waals surface area contributed by atoms with Gasteiger partial charge in [0.05, 0.1) is 5.41 Å². The van der Waals surface area contributed by atoms with Gasteiger partial charge in [0.2, 0.25) is 5.91 Å². The summed E-state index contributed by atoms with van der Waals surface area (Å²) in [6.07, 6.45) is 3.37. The molecule has 26 heavy (non-hydrogen) atoms. The number of anilines is 1. The zero-order valence-electron chi connectivity index (χ0n) is 14.4. The Morgan fingerprint density at radius 2 is 1.65 bits per heavy atom. The summed E-state index contributed by atoms with van der Waals surface area (Å²) in [5.41, 5.74) is 1.69. The van der Waals surface area contributed by atoms with E-state index in [1.165, 1.54) is 0 Å². The summed E-state index contributed by atoms with van der Waals surface area (Å²) in [4.78, 5) is 17.2. The molecular formula is C22H20N2O2. The Hall–Kier alpha value is -3.14. The highest BCUT2D eigenvalue weighted by atomic mass is 16.5. The van der Waals surface area contributed by atoms with Crippen LogP contribution in [0.3, 0.4) is 0 Å². The molecule has 1 aliphatic rings. The van der Waals surface area contributed by atoms with Gasteiger partial charge >= 0.3 is 0 Å². The number of aromatic nitrogens is 1. The fourth-order valence-electron chi connectivity index (χ4n) is 3.09. The summed E-state index contributed by atoms with van der Waals surface area (Å²) in [5.74, 6) is 1.02. The fraction of sp³-hybridized carbons (Fsp3) is 0.182. The van der Waals surface area contributed by atoms with Crippen molar-refractivity contribution in [1.82, 2.24) is 4.98 Å². The van der Waals surface area contributed by atoms with E-state index >= 15 is 0 Å². The molecule has 1 heterocycles. The molecule has 1 amide bonds. The van der Waals surface area contributed by atoms with Crippen molar-refractivity contribution in [1.29, 1.82) is 0 Å². The van der Waals surface area contributed by atoms with Gasteiger partial charge in [-0.25, -0.2) is 4.98 Å². The minimum absolute atomic E-state index is 0.0213. The smallest absolute Gasteiger partial charge is 0.236 e. The third-order valence-electron chi connectivity index (χ3n) is 4.75. The van der Waals surface area contributed by atoms with E-state index in [-0.39, 0.29) is 5.91 Å². The fourth-order valence-corrected chi connectivity index (χ4v) is 3.09. The molecule has 4 heteroatoms. The summed E-state index contributed by atoms with van der Waals surface area (Å²) in [6.45, 7) is 0.430. The molecule has 0 aliphatic heterocycles. The second-order valence-corrected chi connectivity index (χ2v) is 6.53. The normalized spacial score (nSPS) is 14.5. The van der Waals surface area contributed by atoms with E-state index in [0.717, 1.165) is 24.0 Å². The van der Waals surface area contributed by atoms with Gasteiger partial charge in [-0.2, -0.15) is 0 Å². The number of ether oxygens (including phenoxy) is 1. The lowest BCUT2D eigenvalue weighted by Crippen LogP contribution is -2.28. The number of benzene rings is 2. The average Bonchev–Trinajstić information content (AvgIpc) is 3.51. The first-order valence-corrected chi connectivity index (χ1v) is 8.77. The van der Waals surface area contributed by atoms with Crippen LogP contribution < -0.4 is 10.1 Å². The molecular weight excluding hydrogens is 324 g/mol. The van der Waals surface area contributed by atoms with E-state index in [4.69, 9.17) is 4.74 Å². The quantitative estimate of drug-likeness (QED) is 0.724. The van der Waals surface area contributed by atoms with E-state index in [1.807, 2.05) is 66.7 Å². The summed E-state index contributed by atoms with van der Waals surface area (Å²) in [6, 6.07) is 23.5. The standard InChI is InChI=1S/C22H20N2O2/c25-21(22(13-14-22)18-10-5-2-6-11-18)24-20-19(12-7-15-23-20)26-16-17-8-3-1-4-9-17/h1-12,15H,13-14,16H2,(H,23,24,25). The van der Waals surface area contributed by atoms with Gasteiger partial charge in [0.25, 0.3) is 0 Å². The Bertz CT molecular complexity index is 890. The Labute approximate surface area is 152 Å². The summed E-state index contributed by atoms with van der Waals surface area (Å²) < 4.78 is 5.89. The first kappa shape index (κ1) is 16.3. The summed E-state index contributed by atoms with van der Waals surface area (Å²) in [5, 5.41) is 2.97. The monoisotopic (exact) mass is 344 g/mol. The highest BCUT2D eigenvalue weighted by Crippen LogP contribution is 2.49. The molecule has 4 nitrogen and oxygen atoms in total. The largest absolute Gasteiger partial charge is 0.485 e. The molecule has 4 rings (SSSR count). The molecule has 0 spiro atoms. The average molecular weight is 344 g/mol. The lowest BCUT2D eigenvalue weighted by atomic mass is 9.95. The van der Waals surface area contributed by atoms with Crippen molar-refractivity contribution in [2.24, 2.45) is 0 Å². The number of nitrogens with zero attached hydrogens (tertiary/aromatic N) is 1. The maximum absolute atomic E-state index is 12.9. The molecule has 0 bridgehead atoms. The number of hydrogen-bond donors (Lipinski definition) is 1. The third-order valence-corrected chi connectivity index (χ3v) is 4.75. The molecule has 0 unspecified atom stereocenters. The van der Waals surface area contributed by atoms with Crippen molar-refractivity contribution < 1.29 is 9.53 Å². The predicted octanol–water partition coefficient (Wildman–Crippen LogP) is 4.33. The van der Waals surface area contributed by atoms with Gasteiger partial charge in [-0.05, 0) is 36.1 Å². The number of carbonyl (C=O) groups excluding carboxylic acids is 1. The van der Waals surface area contributed by atoms with E-state index in [9.17, 15) is 4.79 Å². The topological polar surface area (TPSA) is 51.2 Å². The van der Waals surface area contributed by atoms with Crippen LogP contribution in [0.4, 0.5) is 5.82 Å². The number of carbonyl (C=O) groups is 1. The van der Waals surface area contributed by atoms with Crippen molar-refractivity contribution in [2.75, 3.05) is 5.32 Å². The molecule has 1 aromatic heterocycles.